The first-order valence-electron chi connectivity index (χ1n) is 7.09. The zero-order valence-corrected chi connectivity index (χ0v) is 12.9. The highest BCUT2D eigenvalue weighted by atomic mass is 32.2. The lowest BCUT2D eigenvalue weighted by Crippen LogP contribution is -2.44. The van der Waals surface area contributed by atoms with E-state index in [4.69, 9.17) is 0 Å². The molecule has 0 saturated carbocycles. The largest absolute Gasteiger partial charge is 0.314 e. The molecule has 1 rings (SSSR count). The maximum absolute atomic E-state index is 3.61. The molecule has 2 nitrogen and oxygen atoms in total. The van der Waals surface area contributed by atoms with Gasteiger partial charge in [0.05, 0.1) is 0 Å². The van der Waals surface area contributed by atoms with Gasteiger partial charge in [0.15, 0.2) is 0 Å². The minimum Gasteiger partial charge on any atom is -0.314 e. The van der Waals surface area contributed by atoms with Crippen LogP contribution in [0.2, 0.25) is 0 Å². The third kappa shape index (κ3) is 6.12. The molecule has 1 N–H and O–H groups in total. The lowest BCUT2D eigenvalue weighted by Gasteiger charge is -2.35. The third-order valence-electron chi connectivity index (χ3n) is 3.71. The number of hydrogen-bond donors (Lipinski definition) is 1. The minimum absolute atomic E-state index is 0.430. The number of thioether (sulfide) groups is 1. The van der Waals surface area contributed by atoms with Crippen LogP contribution in [0, 0.1) is 5.41 Å². The van der Waals surface area contributed by atoms with Gasteiger partial charge in [-0.2, -0.15) is 11.8 Å². The molecule has 1 heterocycles. The molecule has 1 aliphatic rings. The third-order valence-corrected chi connectivity index (χ3v) is 4.76. The van der Waals surface area contributed by atoms with Gasteiger partial charge in [0, 0.05) is 31.4 Å². The Hall–Kier alpha value is 0.270. The molecule has 1 atom stereocenters. The van der Waals surface area contributed by atoms with Gasteiger partial charge in [-0.05, 0) is 30.6 Å². The molecule has 0 aromatic heterocycles. The maximum Gasteiger partial charge on any atom is 0.00726 e. The van der Waals surface area contributed by atoms with Crippen molar-refractivity contribution in [3.63, 3.8) is 0 Å². The normalized spacial score (nSPS) is 22.4. The molecular formula is C14H30N2S. The van der Waals surface area contributed by atoms with E-state index >= 15 is 0 Å². The van der Waals surface area contributed by atoms with Crippen LogP contribution in [0.3, 0.4) is 0 Å². The monoisotopic (exact) mass is 258 g/mol. The number of hydrogen-bond acceptors (Lipinski definition) is 3. The van der Waals surface area contributed by atoms with Crippen molar-refractivity contribution in [3.8, 4) is 0 Å². The Morgan fingerprint density at radius 2 is 2.06 bits per heavy atom. The van der Waals surface area contributed by atoms with Crippen molar-refractivity contribution < 1.29 is 0 Å². The first kappa shape index (κ1) is 15.3. The molecule has 1 aliphatic heterocycles. The second kappa shape index (κ2) is 7.65. The molecule has 1 fully saturated rings. The summed E-state index contributed by atoms with van der Waals surface area (Å²) in [5.41, 5.74) is 0.430. The highest BCUT2D eigenvalue weighted by Crippen LogP contribution is 2.23. The molecule has 0 aliphatic carbocycles. The van der Waals surface area contributed by atoms with E-state index < -0.39 is 0 Å². The van der Waals surface area contributed by atoms with Crippen molar-refractivity contribution in [2.45, 2.75) is 46.6 Å². The van der Waals surface area contributed by atoms with Gasteiger partial charge in [0.2, 0.25) is 0 Å². The fourth-order valence-electron chi connectivity index (χ4n) is 2.24. The SMILES string of the molecule is CCC(C)(CNC(C)C)CN1CCCSCC1. The van der Waals surface area contributed by atoms with Crippen LogP contribution in [0.25, 0.3) is 0 Å². The molecule has 1 unspecified atom stereocenters. The first-order chi connectivity index (χ1) is 8.06. The van der Waals surface area contributed by atoms with E-state index in [1.807, 2.05) is 0 Å². The smallest absolute Gasteiger partial charge is 0.00726 e. The van der Waals surface area contributed by atoms with Gasteiger partial charge in [-0.25, -0.2) is 0 Å². The summed E-state index contributed by atoms with van der Waals surface area (Å²) in [7, 11) is 0. The highest BCUT2D eigenvalue weighted by Gasteiger charge is 2.25. The van der Waals surface area contributed by atoms with Crippen LogP contribution in [0.5, 0.6) is 0 Å². The van der Waals surface area contributed by atoms with Gasteiger partial charge < -0.3 is 10.2 Å². The average molecular weight is 258 g/mol. The Labute approximate surface area is 112 Å². The molecule has 102 valence electrons. The first-order valence-corrected chi connectivity index (χ1v) is 8.25. The molecule has 17 heavy (non-hydrogen) atoms. The van der Waals surface area contributed by atoms with Gasteiger partial charge in [0.1, 0.15) is 0 Å². The molecule has 0 amide bonds. The molecule has 3 heteroatoms. The van der Waals surface area contributed by atoms with Gasteiger partial charge in [0.25, 0.3) is 0 Å². The van der Waals surface area contributed by atoms with Crippen LogP contribution in [0.4, 0.5) is 0 Å². The Morgan fingerprint density at radius 3 is 2.71 bits per heavy atom. The summed E-state index contributed by atoms with van der Waals surface area (Å²) in [4.78, 5) is 2.67. The summed E-state index contributed by atoms with van der Waals surface area (Å²) in [6.07, 6.45) is 2.62. The molecule has 0 radical (unpaired) electrons. The fraction of sp³-hybridized carbons (Fsp3) is 1.00. The highest BCUT2D eigenvalue weighted by molar-refractivity contribution is 7.99. The quantitative estimate of drug-likeness (QED) is 0.789. The summed E-state index contributed by atoms with van der Waals surface area (Å²) in [6.45, 7) is 14.2. The molecule has 0 spiro atoms. The van der Waals surface area contributed by atoms with Crippen molar-refractivity contribution in [3.05, 3.63) is 0 Å². The summed E-state index contributed by atoms with van der Waals surface area (Å²) in [6, 6.07) is 0.598. The summed E-state index contributed by atoms with van der Waals surface area (Å²) >= 11 is 2.11. The Morgan fingerprint density at radius 1 is 1.29 bits per heavy atom. The van der Waals surface area contributed by atoms with Gasteiger partial charge in [-0.15, -0.1) is 0 Å². The molecule has 1 saturated heterocycles. The summed E-state index contributed by atoms with van der Waals surface area (Å²) in [5, 5.41) is 3.61. The Bertz CT molecular complexity index is 200. The lowest BCUT2D eigenvalue weighted by atomic mass is 9.86. The van der Waals surface area contributed by atoms with Crippen LogP contribution in [0.15, 0.2) is 0 Å². The van der Waals surface area contributed by atoms with Crippen molar-refractivity contribution in [1.82, 2.24) is 10.2 Å². The lowest BCUT2D eigenvalue weighted by molar-refractivity contribution is 0.160. The van der Waals surface area contributed by atoms with E-state index in [-0.39, 0.29) is 0 Å². The Balaban J connectivity index is 2.42. The van der Waals surface area contributed by atoms with Crippen LogP contribution < -0.4 is 5.32 Å². The van der Waals surface area contributed by atoms with E-state index in [2.05, 4.69) is 49.7 Å². The number of rotatable bonds is 6. The predicted octanol–water partition coefficient (Wildman–Crippen LogP) is 2.84. The Kier molecular flexibility index (Phi) is 6.90. The van der Waals surface area contributed by atoms with Crippen LogP contribution in [-0.4, -0.2) is 48.6 Å². The molecule has 0 aromatic rings. The van der Waals surface area contributed by atoms with Crippen molar-refractivity contribution in [1.29, 1.82) is 0 Å². The fourth-order valence-corrected chi connectivity index (χ4v) is 3.16. The van der Waals surface area contributed by atoms with Gasteiger partial charge >= 0.3 is 0 Å². The zero-order valence-electron chi connectivity index (χ0n) is 12.1. The van der Waals surface area contributed by atoms with Crippen LogP contribution >= 0.6 is 11.8 Å². The van der Waals surface area contributed by atoms with Crippen LogP contribution in [0.1, 0.15) is 40.5 Å². The maximum atomic E-state index is 3.61. The zero-order chi connectivity index (χ0) is 12.7. The van der Waals surface area contributed by atoms with Gasteiger partial charge in [-0.1, -0.05) is 27.7 Å². The van der Waals surface area contributed by atoms with Crippen molar-refractivity contribution >= 4 is 11.8 Å². The van der Waals surface area contributed by atoms with Crippen molar-refractivity contribution in [2.24, 2.45) is 5.41 Å². The molecular weight excluding hydrogens is 228 g/mol. The summed E-state index contributed by atoms with van der Waals surface area (Å²) in [5.74, 6) is 2.67. The van der Waals surface area contributed by atoms with Crippen LogP contribution in [-0.2, 0) is 0 Å². The van der Waals surface area contributed by atoms with E-state index in [0.717, 1.165) is 6.54 Å². The second-order valence-corrected chi connectivity index (χ2v) is 7.17. The van der Waals surface area contributed by atoms with Gasteiger partial charge in [-0.3, -0.25) is 0 Å². The van der Waals surface area contributed by atoms with Crippen molar-refractivity contribution in [2.75, 3.05) is 37.7 Å². The number of nitrogens with zero attached hydrogens (tertiary/aromatic N) is 1. The molecule has 0 bridgehead atoms. The minimum atomic E-state index is 0.430. The van der Waals surface area contributed by atoms with E-state index in [9.17, 15) is 0 Å². The average Bonchev–Trinajstić information content (AvgIpc) is 2.55. The number of nitrogens with one attached hydrogen (secondary N) is 1. The van der Waals surface area contributed by atoms with E-state index in [0.29, 0.717) is 11.5 Å². The van der Waals surface area contributed by atoms with E-state index in [1.54, 1.807) is 0 Å². The summed E-state index contributed by atoms with van der Waals surface area (Å²) < 4.78 is 0. The topological polar surface area (TPSA) is 15.3 Å². The second-order valence-electron chi connectivity index (χ2n) is 5.94. The molecule has 0 aromatic carbocycles. The standard InChI is InChI=1S/C14H30N2S/c1-5-14(4,11-15-13(2)3)12-16-7-6-9-17-10-8-16/h13,15H,5-12H2,1-4H3. The van der Waals surface area contributed by atoms with E-state index in [1.165, 1.54) is 44.0 Å². The predicted molar refractivity (Wildman–Crippen MR) is 79.9 cm³/mol.